The van der Waals surface area contributed by atoms with Gasteiger partial charge >= 0.3 is 0 Å². The van der Waals surface area contributed by atoms with E-state index in [-0.39, 0.29) is 17.9 Å². The summed E-state index contributed by atoms with van der Waals surface area (Å²) in [6.45, 7) is 6.78. The van der Waals surface area contributed by atoms with Crippen LogP contribution in [-0.4, -0.2) is 37.5 Å². The number of benzene rings is 2. The van der Waals surface area contributed by atoms with Gasteiger partial charge in [-0.25, -0.2) is 0 Å². The van der Waals surface area contributed by atoms with E-state index in [0.717, 1.165) is 54.9 Å². The highest BCUT2D eigenvalue weighted by Gasteiger charge is 2.33. The minimum absolute atomic E-state index is 0.0595. The van der Waals surface area contributed by atoms with Crippen molar-refractivity contribution in [3.63, 3.8) is 0 Å². The smallest absolute Gasteiger partial charge is 0.258 e. The molecule has 1 saturated carbocycles. The number of hydrogen-bond donors (Lipinski definition) is 0. The number of carbonyl (C=O) groups is 2. The Labute approximate surface area is 197 Å². The Morgan fingerprint density at radius 1 is 0.939 bits per heavy atom. The van der Waals surface area contributed by atoms with Gasteiger partial charge in [0.05, 0.1) is 0 Å². The summed E-state index contributed by atoms with van der Waals surface area (Å²) in [7, 11) is 0. The Balaban J connectivity index is 1.51. The maximum Gasteiger partial charge on any atom is 0.258 e. The quantitative estimate of drug-likeness (QED) is 0.631. The van der Waals surface area contributed by atoms with Crippen molar-refractivity contribution in [2.24, 2.45) is 5.92 Å². The molecule has 2 aromatic rings. The fraction of sp³-hybridized carbons (Fsp3) is 0.500. The Hall–Kier alpha value is -2.82. The molecule has 2 aromatic carbocycles. The lowest BCUT2D eigenvalue weighted by Crippen LogP contribution is -2.45. The second-order valence-electron chi connectivity index (χ2n) is 9.98. The van der Waals surface area contributed by atoms with Gasteiger partial charge in [-0.05, 0) is 80.0 Å². The van der Waals surface area contributed by atoms with Gasteiger partial charge < -0.3 is 14.7 Å². The molecule has 0 spiro atoms. The summed E-state index contributed by atoms with van der Waals surface area (Å²) < 4.78 is 0. The molecule has 3 aliphatic rings. The van der Waals surface area contributed by atoms with Crippen LogP contribution in [0.15, 0.2) is 42.5 Å². The van der Waals surface area contributed by atoms with Gasteiger partial charge in [-0.3, -0.25) is 9.59 Å². The van der Waals surface area contributed by atoms with Crippen LogP contribution in [-0.2, 0) is 11.2 Å². The maximum absolute atomic E-state index is 14.1. The highest BCUT2D eigenvalue weighted by molar-refractivity contribution is 6.07. The van der Waals surface area contributed by atoms with Crippen LogP contribution in [0.2, 0.25) is 0 Å². The molecule has 1 saturated heterocycles. The molecule has 1 aliphatic carbocycles. The number of rotatable bonds is 4. The van der Waals surface area contributed by atoms with Crippen LogP contribution in [0.25, 0.3) is 0 Å². The first-order valence-electron chi connectivity index (χ1n) is 12.6. The Bertz CT molecular complexity index is 1040. The minimum Gasteiger partial charge on any atom is -0.371 e. The first-order valence-corrected chi connectivity index (χ1v) is 12.6. The van der Waals surface area contributed by atoms with Gasteiger partial charge in [0.2, 0.25) is 5.91 Å². The van der Waals surface area contributed by atoms with Crippen molar-refractivity contribution >= 4 is 28.9 Å². The van der Waals surface area contributed by atoms with E-state index in [0.29, 0.717) is 12.5 Å². The fourth-order valence-electron chi connectivity index (χ4n) is 5.96. The van der Waals surface area contributed by atoms with Crippen LogP contribution < -0.4 is 14.7 Å². The van der Waals surface area contributed by atoms with Crippen molar-refractivity contribution in [1.29, 1.82) is 0 Å². The fourth-order valence-corrected chi connectivity index (χ4v) is 5.96. The summed E-state index contributed by atoms with van der Waals surface area (Å²) in [6, 6.07) is 14.7. The second-order valence-corrected chi connectivity index (χ2v) is 9.98. The third-order valence-corrected chi connectivity index (χ3v) is 7.80. The number of anilines is 3. The van der Waals surface area contributed by atoms with E-state index in [2.05, 4.69) is 41.0 Å². The number of nitrogens with zero attached hydrogens (tertiary/aromatic N) is 3. The molecule has 2 atom stereocenters. The van der Waals surface area contributed by atoms with E-state index in [4.69, 9.17) is 0 Å². The van der Waals surface area contributed by atoms with Crippen molar-refractivity contribution in [3.05, 3.63) is 53.6 Å². The third-order valence-electron chi connectivity index (χ3n) is 7.80. The molecule has 2 aliphatic heterocycles. The SMILES string of the molecule is CC(=O)N1CCc2cc(C(=O)N(c3cccc(N4CCCC4)c3)[C@H]3CCCC[C@@H]3C)ccc21. The lowest BCUT2D eigenvalue weighted by Gasteiger charge is -2.39. The molecular weight excluding hydrogens is 410 g/mol. The molecule has 0 N–H and O–H groups in total. The van der Waals surface area contributed by atoms with E-state index < -0.39 is 0 Å². The molecule has 0 bridgehead atoms. The van der Waals surface area contributed by atoms with Crippen LogP contribution in [0.1, 0.15) is 68.3 Å². The van der Waals surface area contributed by atoms with Gasteiger partial charge in [0.25, 0.3) is 5.91 Å². The number of hydrogen-bond acceptors (Lipinski definition) is 3. The summed E-state index contributed by atoms with van der Waals surface area (Å²) in [4.78, 5) is 32.3. The molecule has 33 heavy (non-hydrogen) atoms. The molecule has 5 heteroatoms. The highest BCUT2D eigenvalue weighted by Crippen LogP contribution is 2.36. The molecule has 2 amide bonds. The van der Waals surface area contributed by atoms with E-state index in [1.54, 1.807) is 6.92 Å². The molecule has 174 valence electrons. The van der Waals surface area contributed by atoms with Gasteiger partial charge in [0.15, 0.2) is 0 Å². The molecular formula is C28H35N3O2. The van der Waals surface area contributed by atoms with E-state index in [1.807, 2.05) is 23.1 Å². The predicted molar refractivity (Wildman–Crippen MR) is 134 cm³/mol. The summed E-state index contributed by atoms with van der Waals surface area (Å²) in [5.74, 6) is 0.612. The molecule has 2 fully saturated rings. The first kappa shape index (κ1) is 22.0. The van der Waals surface area contributed by atoms with E-state index in [9.17, 15) is 9.59 Å². The Morgan fingerprint density at radius 2 is 1.73 bits per heavy atom. The molecule has 0 aromatic heterocycles. The van der Waals surface area contributed by atoms with Crippen molar-refractivity contribution in [2.45, 2.75) is 64.8 Å². The van der Waals surface area contributed by atoms with Crippen molar-refractivity contribution in [3.8, 4) is 0 Å². The second kappa shape index (κ2) is 9.20. The van der Waals surface area contributed by atoms with Gasteiger partial charge in [0.1, 0.15) is 0 Å². The predicted octanol–water partition coefficient (Wildman–Crippen LogP) is 5.42. The number of amides is 2. The maximum atomic E-state index is 14.1. The van der Waals surface area contributed by atoms with Crippen LogP contribution in [0.5, 0.6) is 0 Å². The first-order chi connectivity index (χ1) is 16.0. The zero-order valence-corrected chi connectivity index (χ0v) is 19.9. The molecule has 0 unspecified atom stereocenters. The average Bonchev–Trinajstić information content (AvgIpc) is 3.50. The zero-order chi connectivity index (χ0) is 22.9. The lowest BCUT2D eigenvalue weighted by molar-refractivity contribution is -0.116. The van der Waals surface area contributed by atoms with Crippen LogP contribution in [0.4, 0.5) is 17.1 Å². The van der Waals surface area contributed by atoms with Crippen LogP contribution in [0, 0.1) is 5.92 Å². The molecule has 2 heterocycles. The Morgan fingerprint density at radius 3 is 2.48 bits per heavy atom. The highest BCUT2D eigenvalue weighted by atomic mass is 16.2. The van der Waals surface area contributed by atoms with Crippen LogP contribution in [0.3, 0.4) is 0 Å². The lowest BCUT2D eigenvalue weighted by atomic mass is 9.84. The summed E-state index contributed by atoms with van der Waals surface area (Å²) >= 11 is 0. The summed E-state index contributed by atoms with van der Waals surface area (Å²) in [5.41, 5.74) is 5.00. The Kier molecular flexibility index (Phi) is 6.13. The van der Waals surface area contributed by atoms with Crippen LogP contribution >= 0.6 is 0 Å². The summed E-state index contributed by atoms with van der Waals surface area (Å²) in [5, 5.41) is 0. The van der Waals surface area contributed by atoms with Crippen molar-refractivity contribution < 1.29 is 9.59 Å². The topological polar surface area (TPSA) is 43.9 Å². The monoisotopic (exact) mass is 445 g/mol. The normalized spacial score (nSPS) is 22.4. The van der Waals surface area contributed by atoms with E-state index >= 15 is 0 Å². The van der Waals surface area contributed by atoms with Crippen molar-refractivity contribution in [1.82, 2.24) is 0 Å². The van der Waals surface area contributed by atoms with Gasteiger partial charge in [-0.15, -0.1) is 0 Å². The standard InChI is InChI=1S/C28H35N3O2/c1-20-8-3-4-11-26(20)31(25-10-7-9-24(19-25)29-15-5-6-16-29)28(33)23-12-13-27-22(18-23)14-17-30(27)21(2)32/h7,9-10,12-13,18-20,26H,3-6,8,11,14-17H2,1-2H3/t20-,26-/m0/s1. The average molecular weight is 446 g/mol. The largest absolute Gasteiger partial charge is 0.371 e. The zero-order valence-electron chi connectivity index (χ0n) is 19.9. The molecule has 5 rings (SSSR count). The molecule has 5 nitrogen and oxygen atoms in total. The number of carbonyl (C=O) groups excluding carboxylic acids is 2. The summed E-state index contributed by atoms with van der Waals surface area (Å²) in [6.07, 6.45) is 7.90. The van der Waals surface area contributed by atoms with Gasteiger partial charge in [-0.1, -0.05) is 25.8 Å². The van der Waals surface area contributed by atoms with E-state index in [1.165, 1.54) is 31.4 Å². The minimum atomic E-state index is 0.0595. The third kappa shape index (κ3) is 4.25. The van der Waals surface area contributed by atoms with Gasteiger partial charge in [0, 0.05) is 55.2 Å². The van der Waals surface area contributed by atoms with Gasteiger partial charge in [-0.2, -0.15) is 0 Å². The molecule has 0 radical (unpaired) electrons. The number of fused-ring (bicyclic) bond motifs is 1. The van der Waals surface area contributed by atoms with Crippen molar-refractivity contribution in [2.75, 3.05) is 34.3 Å².